The van der Waals surface area contributed by atoms with Crippen molar-refractivity contribution in [1.82, 2.24) is 9.97 Å². The number of benzene rings is 1. The van der Waals surface area contributed by atoms with Gasteiger partial charge in [-0.3, -0.25) is 4.79 Å². The summed E-state index contributed by atoms with van der Waals surface area (Å²) in [6, 6.07) is 10.3. The largest absolute Gasteiger partial charge is 0.495 e. The Morgan fingerprint density at radius 2 is 2.04 bits per heavy atom. The minimum atomic E-state index is -0.582. The molecule has 0 unspecified atom stereocenters. The third-order valence-electron chi connectivity index (χ3n) is 3.62. The fourth-order valence-corrected chi connectivity index (χ4v) is 3.31. The van der Waals surface area contributed by atoms with Gasteiger partial charge >= 0.3 is 5.97 Å². The van der Waals surface area contributed by atoms with E-state index in [0.717, 1.165) is 0 Å². The number of aromatic nitrogens is 2. The molecule has 0 aliphatic rings. The lowest BCUT2D eigenvalue weighted by Crippen LogP contribution is -2.15. The number of nitrogens with zero attached hydrogens (tertiary/aromatic N) is 2. The maximum atomic E-state index is 12.2. The molecule has 0 saturated carbocycles. The molecule has 7 nitrogen and oxygen atoms in total. The second-order valence-corrected chi connectivity index (χ2v) is 6.88. The molecule has 2 aromatic heterocycles. The highest BCUT2D eigenvalue weighted by Crippen LogP contribution is 2.23. The molecule has 0 spiro atoms. The molecule has 0 aliphatic heterocycles. The van der Waals surface area contributed by atoms with Crippen molar-refractivity contribution in [2.75, 3.05) is 12.4 Å². The van der Waals surface area contributed by atoms with E-state index in [1.807, 2.05) is 12.1 Å². The number of thiazole rings is 1. The number of amides is 1. The predicted octanol–water partition coefficient (Wildman–Crippen LogP) is 3.74. The van der Waals surface area contributed by atoms with Gasteiger partial charge < -0.3 is 14.8 Å². The Hall–Kier alpha value is -2.97. The molecule has 0 saturated heterocycles. The zero-order chi connectivity index (χ0) is 19.9. The van der Waals surface area contributed by atoms with Gasteiger partial charge in [-0.2, -0.15) is 0 Å². The molecule has 3 aromatic rings. The van der Waals surface area contributed by atoms with Crippen molar-refractivity contribution in [3.05, 3.63) is 69.4 Å². The highest BCUT2D eigenvalue weighted by atomic mass is 35.5. The van der Waals surface area contributed by atoms with Gasteiger partial charge in [0.2, 0.25) is 5.91 Å². The van der Waals surface area contributed by atoms with E-state index in [2.05, 4.69) is 15.3 Å². The molecule has 0 fully saturated rings. The third-order valence-corrected chi connectivity index (χ3v) is 4.82. The maximum absolute atomic E-state index is 12.2. The summed E-state index contributed by atoms with van der Waals surface area (Å²) >= 11 is 7.19. The van der Waals surface area contributed by atoms with Crippen molar-refractivity contribution in [3.63, 3.8) is 0 Å². The summed E-state index contributed by atoms with van der Waals surface area (Å²) in [5.41, 5.74) is 1.34. The fourth-order valence-electron chi connectivity index (χ4n) is 2.33. The number of nitrogens with one attached hydrogen (secondary N) is 1. The molecule has 144 valence electrons. The van der Waals surface area contributed by atoms with Crippen LogP contribution in [-0.4, -0.2) is 29.0 Å². The summed E-state index contributed by atoms with van der Waals surface area (Å²) in [5.74, 6) is -0.220. The number of hydrogen-bond acceptors (Lipinski definition) is 7. The minimum Gasteiger partial charge on any atom is -0.495 e. The van der Waals surface area contributed by atoms with E-state index in [1.165, 1.54) is 30.7 Å². The Morgan fingerprint density at radius 1 is 1.21 bits per heavy atom. The molecule has 9 heteroatoms. The number of para-hydroxylation sites is 2. The smallest absolute Gasteiger partial charge is 0.341 e. The molecule has 0 atom stereocenters. The van der Waals surface area contributed by atoms with E-state index in [9.17, 15) is 9.59 Å². The van der Waals surface area contributed by atoms with Crippen molar-refractivity contribution in [3.8, 4) is 5.75 Å². The Morgan fingerprint density at radius 3 is 2.82 bits per heavy atom. The lowest BCUT2D eigenvalue weighted by molar-refractivity contribution is -0.115. The van der Waals surface area contributed by atoms with Crippen LogP contribution in [0, 0.1) is 0 Å². The first kappa shape index (κ1) is 19.8. The van der Waals surface area contributed by atoms with Crippen LogP contribution in [0.1, 0.15) is 21.1 Å². The van der Waals surface area contributed by atoms with Crippen molar-refractivity contribution in [1.29, 1.82) is 0 Å². The zero-order valence-electron chi connectivity index (χ0n) is 14.8. The lowest BCUT2D eigenvalue weighted by Gasteiger charge is -2.08. The van der Waals surface area contributed by atoms with Gasteiger partial charge in [0.1, 0.15) is 22.5 Å². The molecule has 0 aliphatic carbocycles. The van der Waals surface area contributed by atoms with Crippen molar-refractivity contribution >= 4 is 40.5 Å². The van der Waals surface area contributed by atoms with Gasteiger partial charge in [0.25, 0.3) is 0 Å². The van der Waals surface area contributed by atoms with E-state index < -0.39 is 5.97 Å². The van der Waals surface area contributed by atoms with E-state index in [1.54, 1.807) is 23.6 Å². The molecular formula is C19H16ClN3O4S. The van der Waals surface area contributed by atoms with Gasteiger partial charge in [-0.25, -0.2) is 14.8 Å². The number of esters is 1. The first-order valence-corrected chi connectivity index (χ1v) is 9.46. The predicted molar refractivity (Wildman–Crippen MR) is 106 cm³/mol. The van der Waals surface area contributed by atoms with Crippen LogP contribution in [0.25, 0.3) is 0 Å². The molecule has 0 bridgehead atoms. The first-order valence-electron chi connectivity index (χ1n) is 8.20. The number of pyridine rings is 1. The molecule has 3 rings (SSSR count). The normalized spacial score (nSPS) is 10.4. The number of halogens is 1. The number of rotatable bonds is 7. The topological polar surface area (TPSA) is 90.4 Å². The number of carbonyl (C=O) groups is 2. The van der Waals surface area contributed by atoms with E-state index >= 15 is 0 Å². The van der Waals surface area contributed by atoms with Crippen molar-refractivity contribution in [2.45, 2.75) is 13.0 Å². The highest BCUT2D eigenvalue weighted by molar-refractivity contribution is 7.09. The quantitative estimate of drug-likeness (QED) is 0.465. The van der Waals surface area contributed by atoms with Crippen LogP contribution in [-0.2, 0) is 22.6 Å². The summed E-state index contributed by atoms with van der Waals surface area (Å²) in [6.45, 7) is -0.0192. The second kappa shape index (κ2) is 9.29. The summed E-state index contributed by atoms with van der Waals surface area (Å²) in [4.78, 5) is 32.4. The molecule has 1 amide bonds. The SMILES string of the molecule is COc1ccccc1NC(=O)Cc1nc(COC(=O)c2cccnc2Cl)cs1. The van der Waals surface area contributed by atoms with E-state index in [4.69, 9.17) is 21.1 Å². The van der Waals surface area contributed by atoms with Crippen molar-refractivity contribution < 1.29 is 19.1 Å². The molecule has 2 heterocycles. The van der Waals surface area contributed by atoms with Gasteiger partial charge in [-0.1, -0.05) is 23.7 Å². The number of anilines is 1. The van der Waals surface area contributed by atoms with Gasteiger partial charge in [0, 0.05) is 11.6 Å². The molecule has 28 heavy (non-hydrogen) atoms. The van der Waals surface area contributed by atoms with E-state index in [0.29, 0.717) is 22.1 Å². The lowest BCUT2D eigenvalue weighted by atomic mass is 10.3. The molecule has 1 aromatic carbocycles. The minimum absolute atomic E-state index is 0.0192. The third kappa shape index (κ3) is 5.05. The molecule has 0 radical (unpaired) electrons. The Bertz CT molecular complexity index is 993. The summed E-state index contributed by atoms with van der Waals surface area (Å²) in [6.07, 6.45) is 1.59. The fraction of sp³-hybridized carbons (Fsp3) is 0.158. The zero-order valence-corrected chi connectivity index (χ0v) is 16.4. The second-order valence-electron chi connectivity index (χ2n) is 5.58. The number of carbonyl (C=O) groups excluding carboxylic acids is 2. The number of hydrogen-bond donors (Lipinski definition) is 1. The number of ether oxygens (including phenoxy) is 2. The molecule has 1 N–H and O–H groups in total. The van der Waals surface area contributed by atoms with Gasteiger partial charge in [0.15, 0.2) is 0 Å². The van der Waals surface area contributed by atoms with Crippen LogP contribution in [0.2, 0.25) is 5.15 Å². The summed E-state index contributed by atoms with van der Waals surface area (Å²) < 4.78 is 10.4. The van der Waals surface area contributed by atoms with Crippen LogP contribution >= 0.6 is 22.9 Å². The Balaban J connectivity index is 1.54. The average molecular weight is 418 g/mol. The van der Waals surface area contributed by atoms with Crippen LogP contribution < -0.4 is 10.1 Å². The Labute approximate surface area is 170 Å². The van der Waals surface area contributed by atoms with Gasteiger partial charge in [0.05, 0.1) is 30.5 Å². The average Bonchev–Trinajstić information content (AvgIpc) is 3.14. The standard InChI is InChI=1S/C19H16ClN3O4S/c1-26-15-7-3-2-6-14(15)23-16(24)9-17-22-12(11-28-17)10-27-19(25)13-5-4-8-21-18(13)20/h2-8,11H,9-10H2,1H3,(H,23,24). The monoisotopic (exact) mass is 417 g/mol. The molecular weight excluding hydrogens is 402 g/mol. The summed E-state index contributed by atoms with van der Waals surface area (Å²) in [7, 11) is 1.54. The van der Waals surface area contributed by atoms with Crippen LogP contribution in [0.15, 0.2) is 48.0 Å². The Kier molecular flexibility index (Phi) is 6.57. The van der Waals surface area contributed by atoms with Crippen LogP contribution in [0.3, 0.4) is 0 Å². The number of methoxy groups -OCH3 is 1. The van der Waals surface area contributed by atoms with Crippen LogP contribution in [0.5, 0.6) is 5.75 Å². The van der Waals surface area contributed by atoms with E-state index in [-0.39, 0.29) is 29.7 Å². The highest BCUT2D eigenvalue weighted by Gasteiger charge is 2.14. The van der Waals surface area contributed by atoms with Gasteiger partial charge in [-0.05, 0) is 24.3 Å². The van der Waals surface area contributed by atoms with Crippen LogP contribution in [0.4, 0.5) is 5.69 Å². The van der Waals surface area contributed by atoms with Crippen molar-refractivity contribution in [2.24, 2.45) is 0 Å². The first-order chi connectivity index (χ1) is 13.6. The van der Waals surface area contributed by atoms with Gasteiger partial charge in [-0.15, -0.1) is 11.3 Å². The maximum Gasteiger partial charge on any atom is 0.341 e. The summed E-state index contributed by atoms with van der Waals surface area (Å²) in [5, 5.41) is 5.22.